The van der Waals surface area contributed by atoms with Crippen molar-refractivity contribution in [3.63, 3.8) is 0 Å². The molecule has 0 saturated heterocycles. The van der Waals surface area contributed by atoms with Gasteiger partial charge in [-0.05, 0) is 0 Å². The summed E-state index contributed by atoms with van der Waals surface area (Å²) in [7, 11) is 0. The van der Waals surface area contributed by atoms with Crippen LogP contribution >= 0.6 is 0 Å². The van der Waals surface area contributed by atoms with Crippen LogP contribution in [0.1, 0.15) is 0 Å². The van der Waals surface area contributed by atoms with Crippen LogP contribution in [0.15, 0.2) is 0 Å². The van der Waals surface area contributed by atoms with E-state index in [0.29, 0.717) is 0 Å². The Morgan fingerprint density at radius 1 is 1.33 bits per heavy atom. The van der Waals surface area contributed by atoms with Gasteiger partial charge < -0.3 is 0 Å². The van der Waals surface area contributed by atoms with Crippen LogP contribution in [-0.4, -0.2) is 59.1 Å². The van der Waals surface area contributed by atoms with Gasteiger partial charge in [0.2, 0.25) is 0 Å². The molecular formula is H6AlCaO3V. The minimum absolute atomic E-state index is 0. The molecule has 6 heteroatoms. The Kier molecular flexibility index (Phi) is 26.2. The molecule has 0 heterocycles. The van der Waals surface area contributed by atoms with Crippen LogP contribution in [0.4, 0.5) is 0 Å². The zero-order valence-corrected chi connectivity index (χ0v) is 3.11. The molecule has 0 spiro atoms. The van der Waals surface area contributed by atoms with Crippen LogP contribution in [0.2, 0.25) is 0 Å². The van der Waals surface area contributed by atoms with Gasteiger partial charge in [-0.2, -0.15) is 0 Å². The van der Waals surface area contributed by atoms with Crippen LogP contribution < -0.4 is 0 Å². The van der Waals surface area contributed by atoms with Crippen LogP contribution in [0.3, 0.4) is 0 Å². The Morgan fingerprint density at radius 3 is 1.33 bits per heavy atom. The molecule has 0 unspecified atom stereocenters. The van der Waals surface area contributed by atoms with Gasteiger partial charge in [0.15, 0.2) is 17.4 Å². The van der Waals surface area contributed by atoms with E-state index in [1.807, 2.05) is 0 Å². The normalized spacial score (nSPS) is 4.17. The summed E-state index contributed by atoms with van der Waals surface area (Å²) in [4.78, 5) is 0. The average Bonchev–Trinajstić information content (AvgIpc) is 0.811. The Bertz CT molecular complexity index is 59.2. The average molecular weight is 172 g/mol. The van der Waals surface area contributed by atoms with E-state index in [0.717, 1.165) is 0 Å². The first-order valence-corrected chi connectivity index (χ1v) is 2.33. The third-order valence-corrected chi connectivity index (χ3v) is 0. The summed E-state index contributed by atoms with van der Waals surface area (Å²) < 4.78 is 24.4. The Balaban J connectivity index is -0.0000000450. The van der Waals surface area contributed by atoms with Crippen molar-refractivity contribution in [3.8, 4) is 0 Å². The van der Waals surface area contributed by atoms with E-state index in [1.165, 1.54) is 0 Å². The van der Waals surface area contributed by atoms with Gasteiger partial charge in [0.1, 0.15) is 0 Å². The van der Waals surface area contributed by atoms with Crippen molar-refractivity contribution in [1.82, 2.24) is 0 Å². The summed E-state index contributed by atoms with van der Waals surface area (Å²) in [6.07, 6.45) is 0. The summed E-state index contributed by atoms with van der Waals surface area (Å²) in [6, 6.07) is 0. The molecule has 0 aliphatic carbocycles. The quantitative estimate of drug-likeness (QED) is 0.399. The number of rotatable bonds is 0. The number of hydrogen-bond donors (Lipinski definition) is 1. The van der Waals surface area contributed by atoms with Crippen molar-refractivity contribution in [1.29, 1.82) is 0 Å². The summed E-state index contributed by atoms with van der Waals surface area (Å²) in [5, 5.41) is 0. The third kappa shape index (κ3) is 38.6. The predicted molar refractivity (Wildman–Crippen MR) is 22.1 cm³/mol. The van der Waals surface area contributed by atoms with Crippen molar-refractivity contribution in [2.75, 3.05) is 0 Å². The van der Waals surface area contributed by atoms with Gasteiger partial charge in [0, 0.05) is 0 Å². The van der Waals surface area contributed by atoms with Gasteiger partial charge in [-0.3, -0.25) is 0 Å². The fourth-order valence-corrected chi connectivity index (χ4v) is 0. The van der Waals surface area contributed by atoms with Gasteiger partial charge in [-0.25, -0.2) is 0 Å². The van der Waals surface area contributed by atoms with E-state index in [9.17, 15) is 0 Å². The first-order chi connectivity index (χ1) is 1.73. The Labute approximate surface area is 80.6 Å². The van der Waals surface area contributed by atoms with E-state index >= 15 is 0 Å². The summed E-state index contributed by atoms with van der Waals surface area (Å²) in [6.45, 7) is 0. The molecule has 3 nitrogen and oxygen atoms in total. The van der Waals surface area contributed by atoms with Gasteiger partial charge in [-0.15, -0.1) is 0 Å². The summed E-state index contributed by atoms with van der Waals surface area (Å²) in [5.41, 5.74) is 0. The van der Waals surface area contributed by atoms with Crippen molar-refractivity contribution < 1.29 is 26.8 Å². The SMILES string of the molecule is [AlH3].[CaH2].[O]=[V](=[O])[OH]. The monoisotopic (exact) mass is 172 g/mol. The first-order valence-electron chi connectivity index (χ1n) is 0.565. The van der Waals surface area contributed by atoms with E-state index < -0.39 is 15.4 Å². The molecule has 6 heavy (non-hydrogen) atoms. The summed E-state index contributed by atoms with van der Waals surface area (Å²) >= 11 is -3.69. The van der Waals surface area contributed by atoms with E-state index in [-0.39, 0.29) is 55.1 Å². The molecule has 0 aromatic rings. The zero-order valence-electron chi connectivity index (χ0n) is 1.71. The van der Waals surface area contributed by atoms with Crippen LogP contribution in [0, 0.1) is 0 Å². The molecule has 0 fully saturated rings. The van der Waals surface area contributed by atoms with Gasteiger partial charge in [0.05, 0.1) is 0 Å². The molecule has 0 aromatic carbocycles. The molecule has 0 amide bonds. The van der Waals surface area contributed by atoms with Crippen molar-refractivity contribution in [2.24, 2.45) is 0 Å². The Hall–Kier alpha value is 1.94. The predicted octanol–water partition coefficient (Wildman–Crippen LogP) is -2.90. The van der Waals surface area contributed by atoms with Crippen molar-refractivity contribution in [2.45, 2.75) is 0 Å². The maximum atomic E-state index is 8.67. The molecular weight excluding hydrogens is 166 g/mol. The molecule has 0 radical (unpaired) electrons. The standard InChI is InChI=1S/Al.Ca.H2O.2O.V.5H/h;;1H2;;;;;;;;/q;;;;;+1;;;;;/p-1. The van der Waals surface area contributed by atoms with Crippen molar-refractivity contribution >= 4 is 55.1 Å². The van der Waals surface area contributed by atoms with Gasteiger partial charge in [0.25, 0.3) is 0 Å². The van der Waals surface area contributed by atoms with Crippen molar-refractivity contribution in [3.05, 3.63) is 0 Å². The maximum absolute atomic E-state index is 8.67. The van der Waals surface area contributed by atoms with Gasteiger partial charge >= 0.3 is 64.5 Å². The second-order valence-electron chi connectivity index (χ2n) is 0.238. The minimum atomic E-state index is -3.69. The number of hydrogen-bond acceptors (Lipinski definition) is 2. The molecule has 0 atom stereocenters. The van der Waals surface area contributed by atoms with E-state index in [4.69, 9.17) is 11.4 Å². The fraction of sp³-hybridized carbons (Fsp3) is 0. The first kappa shape index (κ1) is 15.7. The van der Waals surface area contributed by atoms with E-state index in [1.54, 1.807) is 0 Å². The molecule has 0 rings (SSSR count). The second kappa shape index (κ2) is 10.0. The van der Waals surface area contributed by atoms with E-state index in [2.05, 4.69) is 0 Å². The zero-order chi connectivity index (χ0) is 3.58. The van der Waals surface area contributed by atoms with Crippen LogP contribution in [0.25, 0.3) is 0 Å². The molecule has 0 saturated carbocycles. The van der Waals surface area contributed by atoms with Crippen LogP contribution in [-0.2, 0) is 22.7 Å². The summed E-state index contributed by atoms with van der Waals surface area (Å²) in [5.74, 6) is 0. The molecule has 0 bridgehead atoms. The Morgan fingerprint density at radius 2 is 1.33 bits per heavy atom. The molecule has 0 aliphatic heterocycles. The van der Waals surface area contributed by atoms with Gasteiger partial charge in [-0.1, -0.05) is 0 Å². The molecule has 34 valence electrons. The second-order valence-corrected chi connectivity index (χ2v) is 0.981. The molecule has 0 aliphatic rings. The van der Waals surface area contributed by atoms with Crippen LogP contribution in [0.5, 0.6) is 0 Å². The topological polar surface area (TPSA) is 54.4 Å². The molecule has 1 N–H and O–H groups in total. The fourth-order valence-electron chi connectivity index (χ4n) is 0. The third-order valence-electron chi connectivity index (χ3n) is 0. The molecule has 0 aromatic heterocycles.